The molecule has 0 aromatic rings. The molecule has 0 unspecified atom stereocenters. The van der Waals surface area contributed by atoms with Crippen LogP contribution >= 0.6 is 0 Å². The maximum Gasteiger partial charge on any atom is 0.314 e. The molecule has 0 amide bonds. The average molecular weight is 389 g/mol. The van der Waals surface area contributed by atoms with Crippen LogP contribution in [0, 0.1) is 0 Å². The number of hydrogen-bond acceptors (Lipinski definition) is 4. The molecule has 0 saturated carbocycles. The van der Waals surface area contributed by atoms with Gasteiger partial charge in [0.25, 0.3) is 0 Å². The van der Waals surface area contributed by atoms with Crippen LogP contribution in [-0.4, -0.2) is 54.7 Å². The molecule has 0 aliphatic heterocycles. The van der Waals surface area contributed by atoms with Crippen molar-refractivity contribution in [1.29, 1.82) is 0 Å². The molecule has 0 bridgehead atoms. The molecule has 10 heteroatoms. The van der Waals surface area contributed by atoms with Crippen LogP contribution in [0.1, 0.15) is 0 Å². The van der Waals surface area contributed by atoms with Crippen LogP contribution in [0.2, 0.25) is 65.5 Å². The van der Waals surface area contributed by atoms with Gasteiger partial charge in [0, 0.05) is 0 Å². The highest BCUT2D eigenvalue weighted by atomic mass is 28.5. The first-order valence-electron chi connectivity index (χ1n) is 6.92. The molecule has 0 rings (SSSR count). The third kappa shape index (κ3) is 11.8. The Hall–Kier alpha value is 1.14. The molecule has 0 radical (unpaired) electrons. The summed E-state index contributed by atoms with van der Waals surface area (Å²) in [5.41, 5.74) is 0. The summed E-state index contributed by atoms with van der Waals surface area (Å²) in [5.74, 6) is 0. The van der Waals surface area contributed by atoms with E-state index < -0.39 is 43.8 Å². The predicted octanol–water partition coefficient (Wildman–Crippen LogP) is 1.67. The van der Waals surface area contributed by atoms with Gasteiger partial charge in [-0.1, -0.05) is 6.55 Å². The van der Waals surface area contributed by atoms with E-state index in [9.17, 15) is 0 Å². The number of rotatable bonds is 8. The van der Waals surface area contributed by atoms with Gasteiger partial charge in [0.05, 0.1) is 0 Å². The third-order valence-electron chi connectivity index (χ3n) is 2.03. The quantitative estimate of drug-likeness (QED) is 0.593. The van der Waals surface area contributed by atoms with E-state index in [2.05, 4.69) is 65.5 Å². The Kier molecular flexibility index (Phi) is 9.51. The molecule has 0 aliphatic carbocycles. The topological polar surface area (TPSA) is 36.9 Å². The van der Waals surface area contributed by atoms with Crippen LogP contribution < -0.4 is 0 Å². The fourth-order valence-corrected chi connectivity index (χ4v) is 22.3. The summed E-state index contributed by atoms with van der Waals surface area (Å²) < 4.78 is 24.7. The zero-order valence-corrected chi connectivity index (χ0v) is 19.8. The lowest BCUT2D eigenvalue weighted by atomic mass is 11.8. The van der Waals surface area contributed by atoms with Crippen molar-refractivity contribution in [3.05, 3.63) is 0 Å². The third-order valence-corrected chi connectivity index (χ3v) is 18.2. The van der Waals surface area contributed by atoms with E-state index in [4.69, 9.17) is 16.5 Å². The first-order valence-corrected chi connectivity index (χ1v) is 20.8. The second-order valence-corrected chi connectivity index (χ2v) is 23.9. The normalized spacial score (nSPS) is 14.7. The zero-order valence-electron chi connectivity index (χ0n) is 14.3. The lowest BCUT2D eigenvalue weighted by molar-refractivity contribution is 0.304. The zero-order chi connectivity index (χ0) is 15.5. The first kappa shape index (κ1) is 23.4. The second-order valence-electron chi connectivity index (χ2n) is 7.05. The Labute approximate surface area is 136 Å². The van der Waals surface area contributed by atoms with Gasteiger partial charge in [-0.05, 0) is 69.9 Å². The molecule has 0 atom stereocenters. The largest absolute Gasteiger partial charge is 0.442 e. The minimum Gasteiger partial charge on any atom is -0.442 e. The van der Waals surface area contributed by atoms with Gasteiger partial charge in [0.15, 0.2) is 8.32 Å². The summed E-state index contributed by atoms with van der Waals surface area (Å²) >= 11 is 0. The molecule has 0 aromatic heterocycles. The van der Waals surface area contributed by atoms with Crippen molar-refractivity contribution in [1.82, 2.24) is 0 Å². The molecule has 124 valence electrons. The molecule has 20 heavy (non-hydrogen) atoms. The fraction of sp³-hybridized carbons (Fsp3) is 1.00. The van der Waals surface area contributed by atoms with Gasteiger partial charge in [0.1, 0.15) is 9.76 Å². The fourth-order valence-electron chi connectivity index (χ4n) is 2.34. The van der Waals surface area contributed by atoms with Crippen LogP contribution in [-0.2, 0) is 16.5 Å². The molecule has 4 nitrogen and oxygen atoms in total. The summed E-state index contributed by atoms with van der Waals surface area (Å²) in [6.45, 7) is 21.4. The summed E-state index contributed by atoms with van der Waals surface area (Å²) in [4.78, 5) is 0. The van der Waals surface area contributed by atoms with E-state index in [1.807, 2.05) is 0 Å². The van der Waals surface area contributed by atoms with Crippen LogP contribution in [0.15, 0.2) is 0 Å². The molecule has 0 spiro atoms. The highest BCUT2D eigenvalue weighted by molar-refractivity contribution is 6.88. The SMILES string of the molecule is C[SiH2]O[Si](C)(C)O[Si](C)(C)O[Si](C)(C)O[Si](C)(C)C.[SiH4]. The Balaban J connectivity index is 0. The van der Waals surface area contributed by atoms with Crippen LogP contribution in [0.3, 0.4) is 0 Å². The Bertz CT molecular complexity index is 290. The lowest BCUT2D eigenvalue weighted by Gasteiger charge is -2.39. The van der Waals surface area contributed by atoms with Crippen molar-refractivity contribution in [2.75, 3.05) is 0 Å². The molecule has 0 aliphatic rings. The van der Waals surface area contributed by atoms with Gasteiger partial charge in [0.2, 0.25) is 0 Å². The van der Waals surface area contributed by atoms with Crippen LogP contribution in [0.25, 0.3) is 0 Å². The molecule has 0 aromatic carbocycles. The van der Waals surface area contributed by atoms with Crippen LogP contribution in [0.4, 0.5) is 0 Å². The molecule has 0 N–H and O–H groups in total. The summed E-state index contributed by atoms with van der Waals surface area (Å²) in [7, 11) is -8.35. The van der Waals surface area contributed by atoms with Gasteiger partial charge in [-0.15, -0.1) is 0 Å². The Morgan fingerprint density at radius 3 is 1.30 bits per heavy atom. The van der Waals surface area contributed by atoms with E-state index >= 15 is 0 Å². The smallest absolute Gasteiger partial charge is 0.314 e. The molecule has 0 heterocycles. The van der Waals surface area contributed by atoms with Gasteiger partial charge in [-0.25, -0.2) is 0 Å². The first-order chi connectivity index (χ1) is 8.18. The van der Waals surface area contributed by atoms with Gasteiger partial charge < -0.3 is 16.5 Å². The van der Waals surface area contributed by atoms with Gasteiger partial charge >= 0.3 is 25.7 Å². The van der Waals surface area contributed by atoms with Gasteiger partial charge in [-0.3, -0.25) is 0 Å². The Morgan fingerprint density at radius 1 is 0.600 bits per heavy atom. The van der Waals surface area contributed by atoms with Crippen molar-refractivity contribution in [3.63, 3.8) is 0 Å². The maximum atomic E-state index is 6.32. The van der Waals surface area contributed by atoms with Gasteiger partial charge in [-0.2, -0.15) is 0 Å². The molecular weight excluding hydrogens is 353 g/mol. The van der Waals surface area contributed by atoms with Crippen molar-refractivity contribution in [2.24, 2.45) is 0 Å². The molecule has 0 saturated heterocycles. The summed E-state index contributed by atoms with van der Waals surface area (Å²) in [6, 6.07) is 0. The highest BCUT2D eigenvalue weighted by Gasteiger charge is 2.42. The van der Waals surface area contributed by atoms with E-state index in [1.54, 1.807) is 0 Å². The predicted molar refractivity (Wildman–Crippen MR) is 106 cm³/mol. The summed E-state index contributed by atoms with van der Waals surface area (Å²) in [5, 5.41) is 0. The minimum absolute atomic E-state index is 0. The molecular formula is C10H36O4Si6. The van der Waals surface area contributed by atoms with Crippen molar-refractivity contribution < 1.29 is 16.5 Å². The van der Waals surface area contributed by atoms with E-state index in [0.717, 1.165) is 0 Å². The van der Waals surface area contributed by atoms with Crippen molar-refractivity contribution >= 4 is 54.7 Å². The van der Waals surface area contributed by atoms with Crippen molar-refractivity contribution in [2.45, 2.75) is 65.5 Å². The van der Waals surface area contributed by atoms with Crippen LogP contribution in [0.5, 0.6) is 0 Å². The monoisotopic (exact) mass is 388 g/mol. The minimum atomic E-state index is -2.19. The second kappa shape index (κ2) is 8.12. The Morgan fingerprint density at radius 2 is 0.950 bits per heavy atom. The van der Waals surface area contributed by atoms with E-state index in [-0.39, 0.29) is 11.0 Å². The van der Waals surface area contributed by atoms with E-state index in [1.165, 1.54) is 0 Å². The standard InChI is InChI=1S/C10H32O4Si5.H4Si/c1-15-11-17(5,6)13-19(9,10)14-18(7,8)12-16(2,3)4;/h15H2,1-10H3;1H4. The van der Waals surface area contributed by atoms with E-state index in [0.29, 0.717) is 0 Å². The molecule has 0 fully saturated rings. The number of hydrogen-bond donors (Lipinski definition) is 0. The summed E-state index contributed by atoms with van der Waals surface area (Å²) in [6.07, 6.45) is 0. The van der Waals surface area contributed by atoms with Crippen molar-refractivity contribution in [3.8, 4) is 0 Å². The maximum absolute atomic E-state index is 6.32. The average Bonchev–Trinajstić information content (AvgIpc) is 1.90. The highest BCUT2D eigenvalue weighted by Crippen LogP contribution is 2.23. The lowest BCUT2D eigenvalue weighted by Crippen LogP contribution is -2.56.